The molecule has 5 rings (SSSR count). The molecular formula is C24H26N2O. The maximum atomic E-state index is 13.7. The minimum absolute atomic E-state index is 0.0327. The Hall–Kier alpha value is -2.55. The van der Waals surface area contributed by atoms with Gasteiger partial charge in [0.05, 0.1) is 17.9 Å². The molecule has 27 heavy (non-hydrogen) atoms. The first-order valence-electron chi connectivity index (χ1n) is 9.87. The van der Waals surface area contributed by atoms with E-state index in [9.17, 15) is 4.79 Å². The zero-order valence-corrected chi connectivity index (χ0v) is 16.3. The Kier molecular flexibility index (Phi) is 3.23. The van der Waals surface area contributed by atoms with Crippen molar-refractivity contribution in [3.8, 4) is 5.69 Å². The van der Waals surface area contributed by atoms with E-state index in [1.165, 1.54) is 5.69 Å². The maximum Gasteiger partial charge on any atom is 0.275 e. The van der Waals surface area contributed by atoms with Crippen LogP contribution in [0.15, 0.2) is 59.9 Å². The maximum absolute atomic E-state index is 13.7. The summed E-state index contributed by atoms with van der Waals surface area (Å²) in [7, 11) is 0. The van der Waals surface area contributed by atoms with Gasteiger partial charge in [0, 0.05) is 16.4 Å². The van der Waals surface area contributed by atoms with Crippen LogP contribution < -0.4 is 5.56 Å². The number of hydrogen-bond donors (Lipinski definition) is 0. The smallest absolute Gasteiger partial charge is 0.275 e. The summed E-state index contributed by atoms with van der Waals surface area (Å²) in [5, 5.41) is 2.27. The Morgan fingerprint density at radius 2 is 1.89 bits per heavy atom. The summed E-state index contributed by atoms with van der Waals surface area (Å²) in [6, 6.07) is 14.5. The Morgan fingerprint density at radius 3 is 2.67 bits per heavy atom. The van der Waals surface area contributed by atoms with E-state index < -0.39 is 0 Å². The topological polar surface area (TPSA) is 26.9 Å². The lowest BCUT2D eigenvalue weighted by atomic mass is 9.70. The Bertz CT molecular complexity index is 1140. The summed E-state index contributed by atoms with van der Waals surface area (Å²) in [6.45, 7) is 11.6. The summed E-state index contributed by atoms with van der Waals surface area (Å²) in [5.41, 5.74) is 3.56. The molecule has 1 aromatic heterocycles. The van der Waals surface area contributed by atoms with Crippen molar-refractivity contribution in [1.29, 1.82) is 0 Å². The number of nitrogens with zero attached hydrogens (tertiary/aromatic N) is 2. The van der Waals surface area contributed by atoms with Crippen molar-refractivity contribution in [2.45, 2.75) is 51.5 Å². The first-order chi connectivity index (χ1) is 12.9. The lowest BCUT2D eigenvalue weighted by Crippen LogP contribution is -2.36. The molecular weight excluding hydrogens is 332 g/mol. The van der Waals surface area contributed by atoms with Crippen LogP contribution in [0.5, 0.6) is 0 Å². The molecule has 0 radical (unpaired) electrons. The van der Waals surface area contributed by atoms with E-state index in [0.717, 1.165) is 34.9 Å². The summed E-state index contributed by atoms with van der Waals surface area (Å²) in [6.07, 6.45) is 4.16. The number of hydrogen-bond acceptors (Lipinski definition) is 1. The van der Waals surface area contributed by atoms with Crippen LogP contribution in [-0.2, 0) is 12.0 Å². The molecule has 2 aromatic carbocycles. The molecule has 3 aromatic rings. The fourth-order valence-corrected chi connectivity index (χ4v) is 5.82. The molecule has 138 valence electrons. The van der Waals surface area contributed by atoms with Gasteiger partial charge in [-0.2, -0.15) is 0 Å². The molecule has 2 unspecified atom stereocenters. The van der Waals surface area contributed by atoms with Crippen LogP contribution in [0.4, 0.5) is 0 Å². The molecule has 0 saturated heterocycles. The fourth-order valence-electron chi connectivity index (χ4n) is 5.82. The summed E-state index contributed by atoms with van der Waals surface area (Å²) >= 11 is 0. The van der Waals surface area contributed by atoms with Crippen LogP contribution in [0.25, 0.3) is 16.5 Å². The van der Waals surface area contributed by atoms with Crippen molar-refractivity contribution in [1.82, 2.24) is 9.36 Å². The minimum atomic E-state index is 0.0327. The molecule has 2 atom stereocenters. The first kappa shape index (κ1) is 16.6. The highest BCUT2D eigenvalue weighted by Crippen LogP contribution is 2.67. The number of allylic oxidation sites excluding steroid dienone is 1. The van der Waals surface area contributed by atoms with Crippen molar-refractivity contribution in [3.05, 3.63) is 76.7 Å². The van der Waals surface area contributed by atoms with E-state index in [2.05, 4.69) is 56.3 Å². The molecule has 2 bridgehead atoms. The van der Waals surface area contributed by atoms with Gasteiger partial charge < -0.3 is 0 Å². The summed E-state index contributed by atoms with van der Waals surface area (Å²) in [5.74, 6) is 0.345. The highest BCUT2D eigenvalue weighted by Gasteiger charge is 2.62. The number of benzene rings is 2. The lowest BCUT2D eigenvalue weighted by molar-refractivity contribution is 0.216. The van der Waals surface area contributed by atoms with Crippen molar-refractivity contribution in [2.24, 2.45) is 5.41 Å². The van der Waals surface area contributed by atoms with E-state index in [-0.39, 0.29) is 16.4 Å². The predicted octanol–water partition coefficient (Wildman–Crippen LogP) is 5.15. The third-order valence-corrected chi connectivity index (χ3v) is 7.57. The third kappa shape index (κ3) is 1.85. The number of aromatic nitrogens is 2. The normalized spacial score (nSPS) is 25.1. The van der Waals surface area contributed by atoms with E-state index >= 15 is 0 Å². The monoisotopic (exact) mass is 358 g/mol. The van der Waals surface area contributed by atoms with Gasteiger partial charge in [0.15, 0.2) is 0 Å². The van der Waals surface area contributed by atoms with Gasteiger partial charge in [0.2, 0.25) is 0 Å². The Morgan fingerprint density at radius 1 is 1.15 bits per heavy atom. The molecule has 0 spiro atoms. The predicted molar refractivity (Wildman–Crippen MR) is 111 cm³/mol. The van der Waals surface area contributed by atoms with Gasteiger partial charge in [-0.1, -0.05) is 63.2 Å². The average Bonchev–Trinajstić information content (AvgIpc) is 3.14. The molecule has 2 aliphatic carbocycles. The molecule has 3 heteroatoms. The summed E-state index contributed by atoms with van der Waals surface area (Å²) < 4.78 is 4.12. The van der Waals surface area contributed by atoms with Crippen LogP contribution in [0.2, 0.25) is 0 Å². The van der Waals surface area contributed by atoms with Gasteiger partial charge in [-0.25, -0.2) is 4.68 Å². The largest absolute Gasteiger partial charge is 0.277 e. The van der Waals surface area contributed by atoms with Gasteiger partial charge in [0.1, 0.15) is 0 Å². The Labute approximate surface area is 159 Å². The Balaban J connectivity index is 1.89. The highest BCUT2D eigenvalue weighted by atomic mass is 16.1. The highest BCUT2D eigenvalue weighted by molar-refractivity contribution is 5.90. The molecule has 1 saturated carbocycles. The van der Waals surface area contributed by atoms with Gasteiger partial charge in [-0.3, -0.25) is 9.48 Å². The minimum Gasteiger partial charge on any atom is -0.277 e. The standard InChI is InChI=1S/C24H26N2O/c1-5-15-25-21-20(18-13-14-24(21,4)23(18,2)3)22(27)26(25)19-12-8-10-16-9-6-7-11-17(16)19/h5-12,18H,1,13-15H2,2-4H3. The fraction of sp³-hybridized carbons (Fsp3) is 0.375. The third-order valence-electron chi connectivity index (χ3n) is 7.57. The quantitative estimate of drug-likeness (QED) is 0.595. The van der Waals surface area contributed by atoms with E-state index in [0.29, 0.717) is 12.5 Å². The molecule has 1 fully saturated rings. The molecule has 0 amide bonds. The second-order valence-electron chi connectivity index (χ2n) is 8.89. The second-order valence-corrected chi connectivity index (χ2v) is 8.89. The van der Waals surface area contributed by atoms with Crippen LogP contribution >= 0.6 is 0 Å². The van der Waals surface area contributed by atoms with E-state index in [1.54, 1.807) is 0 Å². The van der Waals surface area contributed by atoms with Crippen molar-refractivity contribution >= 4 is 10.8 Å². The van der Waals surface area contributed by atoms with Gasteiger partial charge >= 0.3 is 0 Å². The van der Waals surface area contributed by atoms with Crippen LogP contribution in [0.1, 0.15) is 50.8 Å². The van der Waals surface area contributed by atoms with Crippen LogP contribution in [0.3, 0.4) is 0 Å². The molecule has 3 nitrogen and oxygen atoms in total. The lowest BCUT2D eigenvalue weighted by Gasteiger charge is -2.36. The van der Waals surface area contributed by atoms with E-state index in [1.807, 2.05) is 29.0 Å². The summed E-state index contributed by atoms with van der Waals surface area (Å²) in [4.78, 5) is 13.7. The number of rotatable bonds is 3. The van der Waals surface area contributed by atoms with E-state index in [4.69, 9.17) is 0 Å². The van der Waals surface area contributed by atoms with Crippen molar-refractivity contribution in [2.75, 3.05) is 0 Å². The average molecular weight is 358 g/mol. The molecule has 2 aliphatic rings. The zero-order valence-electron chi connectivity index (χ0n) is 16.3. The van der Waals surface area contributed by atoms with Crippen LogP contribution in [0, 0.1) is 5.41 Å². The zero-order chi connectivity index (χ0) is 19.0. The molecule has 1 heterocycles. The van der Waals surface area contributed by atoms with Crippen molar-refractivity contribution < 1.29 is 0 Å². The van der Waals surface area contributed by atoms with Gasteiger partial charge in [-0.15, -0.1) is 6.58 Å². The molecule has 0 N–H and O–H groups in total. The second kappa shape index (κ2) is 5.25. The molecule has 0 aliphatic heterocycles. The van der Waals surface area contributed by atoms with Crippen LogP contribution in [-0.4, -0.2) is 9.36 Å². The number of fused-ring (bicyclic) bond motifs is 6. The van der Waals surface area contributed by atoms with Gasteiger partial charge in [-0.05, 0) is 35.6 Å². The SMILES string of the molecule is C=CCn1c2c(c(=O)n1-c1cccc3ccccc13)C1CCC2(C)C1(C)C. The van der Waals surface area contributed by atoms with Gasteiger partial charge in [0.25, 0.3) is 5.56 Å². The first-order valence-corrected chi connectivity index (χ1v) is 9.87. The van der Waals surface area contributed by atoms with Crippen molar-refractivity contribution in [3.63, 3.8) is 0 Å².